The number of nitrogens with one attached hydrogen (secondary N) is 1. The minimum absolute atomic E-state index is 0.0155. The molecular formula is C13H15NO3. The van der Waals surface area contributed by atoms with Gasteiger partial charge >= 0.3 is 5.97 Å². The van der Waals surface area contributed by atoms with Crippen LogP contribution >= 0.6 is 0 Å². The first-order valence-corrected chi connectivity index (χ1v) is 5.60. The molecule has 0 amide bonds. The Morgan fingerprint density at radius 1 is 1.47 bits per heavy atom. The molecule has 4 nitrogen and oxygen atoms in total. The summed E-state index contributed by atoms with van der Waals surface area (Å²) in [7, 11) is 0. The predicted octanol–water partition coefficient (Wildman–Crippen LogP) is 2.56. The zero-order valence-corrected chi connectivity index (χ0v) is 9.64. The molecule has 1 heterocycles. The summed E-state index contributed by atoms with van der Waals surface area (Å²) in [5, 5.41) is 12.7. The van der Waals surface area contributed by atoms with Crippen molar-refractivity contribution in [3.05, 3.63) is 36.1 Å². The van der Waals surface area contributed by atoms with Crippen LogP contribution in [0.3, 0.4) is 0 Å². The lowest BCUT2D eigenvalue weighted by molar-refractivity contribution is -0.136. The average Bonchev–Trinajstić information content (AvgIpc) is 2.71. The molecule has 0 bridgehead atoms. The Balaban J connectivity index is 2.03. The maximum Gasteiger partial charge on any atom is 0.304 e. The van der Waals surface area contributed by atoms with Crippen molar-refractivity contribution < 1.29 is 14.3 Å². The summed E-state index contributed by atoms with van der Waals surface area (Å²) >= 11 is 0. The molecule has 0 spiro atoms. The number of aliphatic carboxylic acids is 1. The molecule has 1 aromatic heterocycles. The minimum Gasteiger partial charge on any atom is -0.481 e. The minimum atomic E-state index is -0.797. The van der Waals surface area contributed by atoms with Crippen LogP contribution in [0.25, 0.3) is 11.0 Å². The Hall–Kier alpha value is -1.81. The number of furan rings is 1. The lowest BCUT2D eigenvalue weighted by Crippen LogP contribution is -2.21. The van der Waals surface area contributed by atoms with E-state index in [1.165, 1.54) is 0 Å². The molecule has 0 aliphatic heterocycles. The highest BCUT2D eigenvalue weighted by Gasteiger charge is 2.10. The lowest BCUT2D eigenvalue weighted by atomic mass is 10.2. The number of carbonyl (C=O) groups is 1. The fourth-order valence-corrected chi connectivity index (χ4v) is 1.71. The van der Waals surface area contributed by atoms with E-state index in [9.17, 15) is 4.79 Å². The standard InChI is InChI=1S/C13H15NO3/c1-9(14-7-6-13(15)16)12-8-10-4-2-3-5-11(10)17-12/h2-5,8-9,14H,6-7H2,1H3,(H,15,16). The van der Waals surface area contributed by atoms with Crippen molar-refractivity contribution in [2.75, 3.05) is 6.54 Å². The van der Waals surface area contributed by atoms with E-state index >= 15 is 0 Å². The maximum absolute atomic E-state index is 10.4. The number of rotatable bonds is 5. The topological polar surface area (TPSA) is 62.5 Å². The summed E-state index contributed by atoms with van der Waals surface area (Å²) in [5.41, 5.74) is 0.856. The van der Waals surface area contributed by atoms with Crippen LogP contribution in [0.4, 0.5) is 0 Å². The fourth-order valence-electron chi connectivity index (χ4n) is 1.71. The SMILES string of the molecule is CC(NCCC(=O)O)c1cc2ccccc2o1. The lowest BCUT2D eigenvalue weighted by Gasteiger charge is -2.09. The summed E-state index contributed by atoms with van der Waals surface area (Å²) in [5.74, 6) is 0.0332. The Morgan fingerprint density at radius 2 is 2.24 bits per heavy atom. The Bertz CT molecular complexity index is 485. The van der Waals surface area contributed by atoms with Crippen molar-refractivity contribution in [3.63, 3.8) is 0 Å². The Kier molecular flexibility index (Phi) is 3.44. The molecule has 0 aliphatic rings. The molecular weight excluding hydrogens is 218 g/mol. The van der Waals surface area contributed by atoms with Gasteiger partial charge in [0.15, 0.2) is 0 Å². The van der Waals surface area contributed by atoms with E-state index in [1.54, 1.807) is 0 Å². The summed E-state index contributed by atoms with van der Waals surface area (Å²) in [6.45, 7) is 2.40. The van der Waals surface area contributed by atoms with E-state index in [4.69, 9.17) is 9.52 Å². The van der Waals surface area contributed by atoms with Crippen molar-refractivity contribution in [2.45, 2.75) is 19.4 Å². The molecule has 17 heavy (non-hydrogen) atoms. The van der Waals surface area contributed by atoms with E-state index in [1.807, 2.05) is 37.3 Å². The summed E-state index contributed by atoms with van der Waals surface area (Å²) in [6.07, 6.45) is 0.116. The number of hydrogen-bond acceptors (Lipinski definition) is 3. The molecule has 1 aromatic carbocycles. The number of para-hydroxylation sites is 1. The number of fused-ring (bicyclic) bond motifs is 1. The van der Waals surface area contributed by atoms with E-state index < -0.39 is 5.97 Å². The van der Waals surface area contributed by atoms with E-state index in [0.29, 0.717) is 6.54 Å². The Labute approximate surface area is 99.2 Å². The summed E-state index contributed by atoms with van der Waals surface area (Å²) in [6, 6.07) is 9.80. The molecule has 2 aromatic rings. The monoisotopic (exact) mass is 233 g/mol. The molecule has 0 saturated carbocycles. The van der Waals surface area contributed by atoms with Gasteiger partial charge in [0, 0.05) is 11.9 Å². The molecule has 90 valence electrons. The molecule has 0 radical (unpaired) electrons. The van der Waals surface area contributed by atoms with E-state index in [0.717, 1.165) is 16.7 Å². The zero-order valence-electron chi connectivity index (χ0n) is 9.64. The van der Waals surface area contributed by atoms with Crippen LogP contribution in [0.5, 0.6) is 0 Å². The van der Waals surface area contributed by atoms with Gasteiger partial charge in [0.2, 0.25) is 0 Å². The molecule has 0 aliphatic carbocycles. The van der Waals surface area contributed by atoms with Crippen molar-refractivity contribution in [2.24, 2.45) is 0 Å². The number of hydrogen-bond donors (Lipinski definition) is 2. The summed E-state index contributed by atoms with van der Waals surface area (Å²) < 4.78 is 5.68. The molecule has 0 fully saturated rings. The quantitative estimate of drug-likeness (QED) is 0.833. The van der Waals surface area contributed by atoms with Gasteiger partial charge in [-0.1, -0.05) is 18.2 Å². The summed E-state index contributed by atoms with van der Waals surface area (Å²) in [4.78, 5) is 10.4. The van der Waals surface area contributed by atoms with E-state index in [-0.39, 0.29) is 12.5 Å². The van der Waals surface area contributed by atoms with Gasteiger partial charge in [-0.2, -0.15) is 0 Å². The highest BCUT2D eigenvalue weighted by molar-refractivity contribution is 5.77. The van der Waals surface area contributed by atoms with Crippen LogP contribution in [-0.2, 0) is 4.79 Å². The molecule has 2 N–H and O–H groups in total. The predicted molar refractivity (Wildman–Crippen MR) is 64.9 cm³/mol. The molecule has 2 rings (SSSR count). The van der Waals surface area contributed by atoms with Gasteiger partial charge in [-0.3, -0.25) is 4.79 Å². The first kappa shape index (κ1) is 11.7. The second kappa shape index (κ2) is 5.01. The average molecular weight is 233 g/mol. The van der Waals surface area contributed by atoms with Gasteiger partial charge in [-0.25, -0.2) is 0 Å². The second-order valence-corrected chi connectivity index (χ2v) is 4.01. The van der Waals surface area contributed by atoms with Crippen molar-refractivity contribution >= 4 is 16.9 Å². The molecule has 0 saturated heterocycles. The van der Waals surface area contributed by atoms with Gasteiger partial charge in [0.05, 0.1) is 12.5 Å². The zero-order chi connectivity index (χ0) is 12.3. The fraction of sp³-hybridized carbons (Fsp3) is 0.308. The van der Waals surface area contributed by atoms with E-state index in [2.05, 4.69) is 5.32 Å². The normalized spacial score (nSPS) is 12.8. The van der Waals surface area contributed by atoms with Gasteiger partial charge in [0.25, 0.3) is 0 Å². The number of carboxylic acid groups (broad SMARTS) is 1. The van der Waals surface area contributed by atoms with Crippen LogP contribution < -0.4 is 5.32 Å². The van der Waals surface area contributed by atoms with Gasteiger partial charge in [0.1, 0.15) is 11.3 Å². The molecule has 1 unspecified atom stereocenters. The van der Waals surface area contributed by atoms with Crippen LogP contribution in [-0.4, -0.2) is 17.6 Å². The van der Waals surface area contributed by atoms with Crippen molar-refractivity contribution in [3.8, 4) is 0 Å². The number of benzene rings is 1. The third-order valence-electron chi connectivity index (χ3n) is 2.66. The third-order valence-corrected chi connectivity index (χ3v) is 2.66. The number of carboxylic acids is 1. The van der Waals surface area contributed by atoms with Gasteiger partial charge in [-0.05, 0) is 19.1 Å². The highest BCUT2D eigenvalue weighted by atomic mass is 16.4. The van der Waals surface area contributed by atoms with Crippen molar-refractivity contribution in [1.82, 2.24) is 5.32 Å². The third kappa shape index (κ3) is 2.85. The largest absolute Gasteiger partial charge is 0.481 e. The maximum atomic E-state index is 10.4. The van der Waals surface area contributed by atoms with Crippen molar-refractivity contribution in [1.29, 1.82) is 0 Å². The van der Waals surface area contributed by atoms with Crippen LogP contribution in [0.15, 0.2) is 34.7 Å². The first-order chi connectivity index (χ1) is 8.16. The smallest absolute Gasteiger partial charge is 0.304 e. The van der Waals surface area contributed by atoms with Crippen LogP contribution in [0.1, 0.15) is 25.1 Å². The van der Waals surface area contributed by atoms with Crippen LogP contribution in [0.2, 0.25) is 0 Å². The van der Waals surface area contributed by atoms with Gasteiger partial charge in [-0.15, -0.1) is 0 Å². The Morgan fingerprint density at radius 3 is 2.94 bits per heavy atom. The van der Waals surface area contributed by atoms with Crippen LogP contribution in [0, 0.1) is 0 Å². The molecule has 1 atom stereocenters. The molecule has 4 heteroatoms. The second-order valence-electron chi connectivity index (χ2n) is 4.01. The van der Waals surface area contributed by atoms with Gasteiger partial charge < -0.3 is 14.8 Å². The highest BCUT2D eigenvalue weighted by Crippen LogP contribution is 2.23. The first-order valence-electron chi connectivity index (χ1n) is 5.60.